The van der Waals surface area contributed by atoms with E-state index in [1.54, 1.807) is 0 Å². The van der Waals surface area contributed by atoms with E-state index < -0.39 is 0 Å². The molecule has 2 N–H and O–H groups in total. The van der Waals surface area contributed by atoms with E-state index in [1.807, 2.05) is 0 Å². The molecule has 3 rings (SSSR count). The summed E-state index contributed by atoms with van der Waals surface area (Å²) < 4.78 is 0. The van der Waals surface area contributed by atoms with Gasteiger partial charge in [0.1, 0.15) is 0 Å². The Labute approximate surface area is 146 Å². The summed E-state index contributed by atoms with van der Waals surface area (Å²) in [6.45, 7) is 15.1. The SMILES string of the molecule is C=C1C(=C)C(NC2CCCCC2)=C1Nc1cccc(C(C)(C)C)c1. The standard InChI is InChI=1S/C22H30N2/c1-15-16(2)21(20(15)23-18-11-7-6-8-12-18)24-19-13-9-10-17(14-19)22(3,4)5/h9-10,13-14,18,23-24H,1-2,6-8,11-12H2,3-5H3. The smallest absolute Gasteiger partial charge is 0.0700 e. The van der Waals surface area contributed by atoms with Crippen LogP contribution < -0.4 is 10.6 Å². The summed E-state index contributed by atoms with van der Waals surface area (Å²) in [6.07, 6.45) is 6.55. The molecule has 0 saturated heterocycles. The number of nitrogens with one attached hydrogen (secondary N) is 2. The number of hydrogen-bond donors (Lipinski definition) is 2. The van der Waals surface area contributed by atoms with Crippen molar-refractivity contribution in [2.24, 2.45) is 0 Å². The fraction of sp³-hybridized carbons (Fsp3) is 0.455. The summed E-state index contributed by atoms with van der Waals surface area (Å²) in [5, 5.41) is 7.27. The molecule has 1 fully saturated rings. The minimum atomic E-state index is 0.148. The second kappa shape index (κ2) is 6.51. The molecule has 0 aliphatic heterocycles. The van der Waals surface area contributed by atoms with Gasteiger partial charge in [-0.1, -0.05) is 65.3 Å². The van der Waals surface area contributed by atoms with E-state index in [9.17, 15) is 0 Å². The van der Waals surface area contributed by atoms with Crippen molar-refractivity contribution in [3.8, 4) is 0 Å². The van der Waals surface area contributed by atoms with E-state index in [0.29, 0.717) is 6.04 Å². The number of benzene rings is 1. The maximum Gasteiger partial charge on any atom is 0.0700 e. The van der Waals surface area contributed by atoms with Gasteiger partial charge in [0.2, 0.25) is 0 Å². The molecule has 0 radical (unpaired) electrons. The Morgan fingerprint density at radius 3 is 2.29 bits per heavy atom. The fourth-order valence-corrected chi connectivity index (χ4v) is 3.50. The van der Waals surface area contributed by atoms with Crippen LogP contribution in [0.4, 0.5) is 5.69 Å². The molecule has 0 amide bonds. The van der Waals surface area contributed by atoms with Crippen LogP contribution in [0.25, 0.3) is 0 Å². The Morgan fingerprint density at radius 2 is 1.62 bits per heavy atom. The van der Waals surface area contributed by atoms with Gasteiger partial charge in [-0.15, -0.1) is 0 Å². The lowest BCUT2D eigenvalue weighted by molar-refractivity contribution is 0.396. The first kappa shape index (κ1) is 16.9. The first-order valence-corrected chi connectivity index (χ1v) is 9.13. The molecule has 128 valence electrons. The van der Waals surface area contributed by atoms with Crippen molar-refractivity contribution >= 4 is 5.69 Å². The molecule has 24 heavy (non-hydrogen) atoms. The average Bonchev–Trinajstić information content (AvgIpc) is 2.58. The lowest BCUT2D eigenvalue weighted by Gasteiger charge is -2.35. The molecule has 0 atom stereocenters. The Bertz CT molecular complexity index is 682. The molecular weight excluding hydrogens is 292 g/mol. The van der Waals surface area contributed by atoms with Crippen LogP contribution in [-0.4, -0.2) is 6.04 Å². The van der Waals surface area contributed by atoms with Crippen molar-refractivity contribution in [2.75, 3.05) is 5.32 Å². The Balaban J connectivity index is 1.79. The highest BCUT2D eigenvalue weighted by Gasteiger charge is 2.29. The minimum Gasteiger partial charge on any atom is -0.380 e. The molecule has 2 aliphatic rings. The van der Waals surface area contributed by atoms with Crippen molar-refractivity contribution in [1.29, 1.82) is 0 Å². The van der Waals surface area contributed by atoms with Crippen LogP contribution >= 0.6 is 0 Å². The Kier molecular flexibility index (Phi) is 4.58. The molecule has 1 saturated carbocycles. The lowest BCUT2D eigenvalue weighted by atomic mass is 9.85. The molecule has 2 heteroatoms. The fourth-order valence-electron chi connectivity index (χ4n) is 3.50. The molecule has 0 bridgehead atoms. The van der Waals surface area contributed by atoms with Gasteiger partial charge in [0.15, 0.2) is 0 Å². The predicted molar refractivity (Wildman–Crippen MR) is 104 cm³/mol. The highest BCUT2D eigenvalue weighted by Crippen LogP contribution is 2.38. The quantitative estimate of drug-likeness (QED) is 0.748. The van der Waals surface area contributed by atoms with Gasteiger partial charge in [0.05, 0.1) is 11.4 Å². The number of anilines is 1. The molecule has 1 aromatic rings. The molecule has 0 unspecified atom stereocenters. The highest BCUT2D eigenvalue weighted by atomic mass is 15.0. The van der Waals surface area contributed by atoms with Crippen LogP contribution in [-0.2, 0) is 5.41 Å². The number of rotatable bonds is 4. The van der Waals surface area contributed by atoms with Gasteiger partial charge in [-0.25, -0.2) is 0 Å². The Hall–Kier alpha value is -1.96. The van der Waals surface area contributed by atoms with E-state index in [-0.39, 0.29) is 5.41 Å². The monoisotopic (exact) mass is 322 g/mol. The third kappa shape index (κ3) is 3.43. The van der Waals surface area contributed by atoms with Crippen molar-refractivity contribution < 1.29 is 0 Å². The zero-order valence-electron chi connectivity index (χ0n) is 15.3. The summed E-state index contributed by atoms with van der Waals surface area (Å²) in [6, 6.07) is 9.24. The number of hydrogen-bond acceptors (Lipinski definition) is 2. The second-order valence-corrected chi connectivity index (χ2v) is 8.14. The topological polar surface area (TPSA) is 24.1 Å². The molecule has 2 nitrogen and oxygen atoms in total. The molecule has 2 aliphatic carbocycles. The Morgan fingerprint density at radius 1 is 0.958 bits per heavy atom. The maximum atomic E-state index is 4.18. The summed E-state index contributed by atoms with van der Waals surface area (Å²) in [4.78, 5) is 0. The molecule has 1 aromatic carbocycles. The molecule has 0 spiro atoms. The summed E-state index contributed by atoms with van der Waals surface area (Å²) in [7, 11) is 0. The van der Waals surface area contributed by atoms with Gasteiger partial charge in [-0.05, 0) is 36.0 Å². The van der Waals surface area contributed by atoms with Gasteiger partial charge in [0.25, 0.3) is 0 Å². The van der Waals surface area contributed by atoms with Crippen LogP contribution in [0.15, 0.2) is 60.0 Å². The van der Waals surface area contributed by atoms with Gasteiger partial charge in [0, 0.05) is 22.9 Å². The first-order chi connectivity index (χ1) is 11.4. The zero-order chi connectivity index (χ0) is 17.3. The van der Waals surface area contributed by atoms with Crippen molar-refractivity contribution in [1.82, 2.24) is 5.32 Å². The first-order valence-electron chi connectivity index (χ1n) is 9.13. The van der Waals surface area contributed by atoms with Crippen molar-refractivity contribution in [2.45, 2.75) is 64.3 Å². The minimum absolute atomic E-state index is 0.148. The average molecular weight is 322 g/mol. The summed E-state index contributed by atoms with van der Waals surface area (Å²) in [5.74, 6) is 0. The van der Waals surface area contributed by atoms with E-state index >= 15 is 0 Å². The van der Waals surface area contributed by atoms with Crippen LogP contribution in [0.3, 0.4) is 0 Å². The van der Waals surface area contributed by atoms with Crippen molar-refractivity contribution in [3.05, 3.63) is 65.5 Å². The summed E-state index contributed by atoms with van der Waals surface area (Å²) in [5.41, 5.74) is 6.94. The second-order valence-electron chi connectivity index (χ2n) is 8.14. The zero-order valence-corrected chi connectivity index (χ0v) is 15.3. The molecule has 0 aromatic heterocycles. The van der Waals surface area contributed by atoms with Crippen LogP contribution in [0.5, 0.6) is 0 Å². The van der Waals surface area contributed by atoms with Gasteiger partial charge < -0.3 is 10.6 Å². The van der Waals surface area contributed by atoms with Crippen LogP contribution in [0, 0.1) is 0 Å². The molecular formula is C22H30N2. The van der Waals surface area contributed by atoms with E-state index in [4.69, 9.17) is 0 Å². The third-order valence-corrected chi connectivity index (χ3v) is 5.17. The van der Waals surface area contributed by atoms with Gasteiger partial charge in [-0.3, -0.25) is 0 Å². The predicted octanol–water partition coefficient (Wildman–Crippen LogP) is 5.66. The van der Waals surface area contributed by atoms with Crippen LogP contribution in [0.2, 0.25) is 0 Å². The van der Waals surface area contributed by atoms with E-state index in [0.717, 1.165) is 28.2 Å². The maximum absolute atomic E-state index is 4.18. The lowest BCUT2D eigenvalue weighted by Crippen LogP contribution is -2.36. The highest BCUT2D eigenvalue weighted by molar-refractivity contribution is 5.72. The van der Waals surface area contributed by atoms with Gasteiger partial charge >= 0.3 is 0 Å². The van der Waals surface area contributed by atoms with Crippen molar-refractivity contribution in [3.63, 3.8) is 0 Å². The normalized spacial score (nSPS) is 19.3. The third-order valence-electron chi connectivity index (χ3n) is 5.17. The molecule has 0 heterocycles. The van der Waals surface area contributed by atoms with Gasteiger partial charge in [-0.2, -0.15) is 0 Å². The number of allylic oxidation sites excluding steroid dienone is 2. The van der Waals surface area contributed by atoms with Crippen LogP contribution in [0.1, 0.15) is 58.4 Å². The summed E-state index contributed by atoms with van der Waals surface area (Å²) >= 11 is 0. The largest absolute Gasteiger partial charge is 0.380 e. The van der Waals surface area contributed by atoms with E-state index in [1.165, 1.54) is 37.7 Å². The van der Waals surface area contributed by atoms with E-state index in [2.05, 4.69) is 68.8 Å².